The van der Waals surface area contributed by atoms with Crippen molar-refractivity contribution in [3.05, 3.63) is 146 Å². The van der Waals surface area contributed by atoms with Crippen LogP contribution >= 0.6 is 11.3 Å². The van der Waals surface area contributed by atoms with Crippen LogP contribution in [0.2, 0.25) is 0 Å². The fourth-order valence-corrected chi connectivity index (χ4v) is 8.10. The van der Waals surface area contributed by atoms with Crippen LogP contribution in [0.15, 0.2) is 150 Å². The van der Waals surface area contributed by atoms with Crippen LogP contribution in [0, 0.1) is 0 Å². The molecule has 0 N–H and O–H groups in total. The summed E-state index contributed by atoms with van der Waals surface area (Å²) in [6.07, 6.45) is 0. The summed E-state index contributed by atoms with van der Waals surface area (Å²) in [6.45, 7) is 0. The maximum atomic E-state index is 6.26. The molecule has 0 amide bonds. The molecule has 3 heterocycles. The number of para-hydroxylation sites is 2. The van der Waals surface area contributed by atoms with Gasteiger partial charge in [0.15, 0.2) is 5.82 Å². The monoisotopic (exact) mass is 604 g/mol. The maximum Gasteiger partial charge on any atom is 0.161 e. The molecule has 0 aliphatic heterocycles. The molecule has 0 saturated heterocycles. The van der Waals surface area contributed by atoms with Gasteiger partial charge in [-0.2, -0.15) is 0 Å². The minimum atomic E-state index is 0.709. The average molecular weight is 605 g/mol. The topological polar surface area (TPSA) is 38.9 Å². The first kappa shape index (κ1) is 25.5. The standard InChI is InChI=1S/C42H24N2OS/c1-2-11-28-27(10-1)26(25-20-23-39-34(24-25)29-12-5-8-19-38(29)46-39)21-22-30(28)42-43-35-16-6-3-13-31(35)41(44-42)33-15-9-18-37-40(33)32-14-4-7-17-36(32)45-37/h1-24H. The van der Waals surface area contributed by atoms with E-state index in [1.54, 1.807) is 0 Å². The third-order valence-electron chi connectivity index (χ3n) is 9.11. The second kappa shape index (κ2) is 9.83. The van der Waals surface area contributed by atoms with Crippen LogP contribution in [0.25, 0.3) is 97.6 Å². The van der Waals surface area contributed by atoms with Gasteiger partial charge in [-0.1, -0.05) is 103 Å². The molecule has 0 unspecified atom stereocenters. The Morgan fingerprint density at radius 3 is 2.00 bits per heavy atom. The number of thiophene rings is 1. The van der Waals surface area contributed by atoms with Gasteiger partial charge < -0.3 is 4.42 Å². The van der Waals surface area contributed by atoms with Gasteiger partial charge in [0.05, 0.1) is 11.2 Å². The zero-order valence-corrected chi connectivity index (χ0v) is 25.4. The van der Waals surface area contributed by atoms with E-state index in [2.05, 4.69) is 115 Å². The Hall–Kier alpha value is -5.84. The highest BCUT2D eigenvalue weighted by Gasteiger charge is 2.19. The van der Waals surface area contributed by atoms with Crippen LogP contribution in [-0.2, 0) is 0 Å². The molecule has 0 atom stereocenters. The van der Waals surface area contributed by atoms with Crippen molar-refractivity contribution < 1.29 is 4.42 Å². The van der Waals surface area contributed by atoms with E-state index in [0.29, 0.717) is 5.82 Å². The molecule has 0 aliphatic rings. The largest absolute Gasteiger partial charge is 0.456 e. The van der Waals surface area contributed by atoms with Crippen LogP contribution < -0.4 is 0 Å². The Labute approximate surface area is 268 Å². The number of aromatic nitrogens is 2. The smallest absolute Gasteiger partial charge is 0.161 e. The van der Waals surface area contributed by atoms with Gasteiger partial charge in [0, 0.05) is 47.5 Å². The number of hydrogen-bond donors (Lipinski definition) is 0. The summed E-state index contributed by atoms with van der Waals surface area (Å²) in [6, 6.07) is 51.3. The van der Waals surface area contributed by atoms with Gasteiger partial charge in [-0.05, 0) is 64.4 Å². The van der Waals surface area contributed by atoms with Gasteiger partial charge in [0.1, 0.15) is 11.2 Å². The molecular weight excluding hydrogens is 581 g/mol. The predicted molar refractivity (Wildman–Crippen MR) is 194 cm³/mol. The second-order valence-corrected chi connectivity index (χ2v) is 12.8. The van der Waals surface area contributed by atoms with E-state index < -0.39 is 0 Å². The van der Waals surface area contributed by atoms with Crippen LogP contribution in [0.4, 0.5) is 0 Å². The summed E-state index contributed by atoms with van der Waals surface area (Å²) in [7, 11) is 0. The Bertz CT molecular complexity index is 2830. The summed E-state index contributed by atoms with van der Waals surface area (Å²) in [5.41, 5.74) is 8.00. The maximum absolute atomic E-state index is 6.26. The van der Waals surface area contributed by atoms with Crippen molar-refractivity contribution in [1.82, 2.24) is 9.97 Å². The summed E-state index contributed by atoms with van der Waals surface area (Å²) in [5.74, 6) is 0.709. The number of benzene rings is 7. The molecule has 0 fully saturated rings. The lowest BCUT2D eigenvalue weighted by Gasteiger charge is -2.14. The molecule has 10 aromatic rings. The number of rotatable bonds is 3. The molecular formula is C42H24N2OS. The molecule has 0 bridgehead atoms. The van der Waals surface area contributed by atoms with Crippen molar-refractivity contribution in [3.8, 4) is 33.8 Å². The lowest BCUT2D eigenvalue weighted by Crippen LogP contribution is -1.96. The SMILES string of the molecule is c1ccc2c(-c3cccc4oc5ccccc5c34)nc(-c3ccc(-c4ccc5sc6ccccc6c5c4)c4ccccc34)nc2c1. The van der Waals surface area contributed by atoms with Crippen molar-refractivity contribution in [2.75, 3.05) is 0 Å². The van der Waals surface area contributed by atoms with E-state index in [0.717, 1.165) is 55.0 Å². The Morgan fingerprint density at radius 2 is 1.11 bits per heavy atom. The van der Waals surface area contributed by atoms with Gasteiger partial charge in [-0.25, -0.2) is 9.97 Å². The first-order valence-corrected chi connectivity index (χ1v) is 16.2. The molecule has 7 aromatic carbocycles. The van der Waals surface area contributed by atoms with Crippen molar-refractivity contribution in [2.45, 2.75) is 0 Å². The summed E-state index contributed by atoms with van der Waals surface area (Å²) < 4.78 is 8.88. The minimum absolute atomic E-state index is 0.709. The highest BCUT2D eigenvalue weighted by molar-refractivity contribution is 7.25. The molecule has 0 saturated carbocycles. The normalized spacial score (nSPS) is 11.9. The summed E-state index contributed by atoms with van der Waals surface area (Å²) in [5, 5.41) is 8.09. The van der Waals surface area contributed by atoms with Crippen molar-refractivity contribution in [1.29, 1.82) is 0 Å². The Morgan fingerprint density at radius 1 is 0.435 bits per heavy atom. The Balaban J connectivity index is 1.21. The van der Waals surface area contributed by atoms with E-state index in [9.17, 15) is 0 Å². The fraction of sp³-hybridized carbons (Fsp3) is 0. The summed E-state index contributed by atoms with van der Waals surface area (Å²) in [4.78, 5) is 10.5. The van der Waals surface area contributed by atoms with Gasteiger partial charge in [-0.3, -0.25) is 0 Å². The molecule has 3 aromatic heterocycles. The molecule has 4 heteroatoms. The number of furan rings is 1. The zero-order valence-electron chi connectivity index (χ0n) is 24.6. The van der Waals surface area contributed by atoms with E-state index in [4.69, 9.17) is 14.4 Å². The second-order valence-electron chi connectivity index (χ2n) is 11.7. The third kappa shape index (κ3) is 3.77. The first-order chi connectivity index (χ1) is 22.8. The van der Waals surface area contributed by atoms with Gasteiger partial charge in [0.2, 0.25) is 0 Å². The van der Waals surface area contributed by atoms with Crippen LogP contribution in [-0.4, -0.2) is 9.97 Å². The average Bonchev–Trinajstić information content (AvgIpc) is 3.69. The molecule has 0 radical (unpaired) electrons. The fourth-order valence-electron chi connectivity index (χ4n) is 7.01. The molecule has 214 valence electrons. The predicted octanol–water partition coefficient (Wildman–Crippen LogP) is 12.1. The lowest BCUT2D eigenvalue weighted by atomic mass is 9.93. The molecule has 10 rings (SSSR count). The summed E-state index contributed by atoms with van der Waals surface area (Å²) >= 11 is 1.85. The number of nitrogens with zero attached hydrogens (tertiary/aromatic N) is 2. The van der Waals surface area contributed by atoms with E-state index >= 15 is 0 Å². The number of fused-ring (bicyclic) bond motifs is 8. The van der Waals surface area contributed by atoms with Crippen molar-refractivity contribution in [3.63, 3.8) is 0 Å². The van der Waals surface area contributed by atoms with Gasteiger partial charge >= 0.3 is 0 Å². The van der Waals surface area contributed by atoms with E-state index in [-0.39, 0.29) is 0 Å². The third-order valence-corrected chi connectivity index (χ3v) is 10.3. The van der Waals surface area contributed by atoms with Crippen molar-refractivity contribution in [2.24, 2.45) is 0 Å². The van der Waals surface area contributed by atoms with E-state index in [1.165, 1.54) is 36.7 Å². The highest BCUT2D eigenvalue weighted by Crippen LogP contribution is 2.42. The van der Waals surface area contributed by atoms with E-state index in [1.807, 2.05) is 41.7 Å². The highest BCUT2D eigenvalue weighted by atomic mass is 32.1. The molecule has 46 heavy (non-hydrogen) atoms. The lowest BCUT2D eigenvalue weighted by molar-refractivity contribution is 0.669. The van der Waals surface area contributed by atoms with Crippen LogP contribution in [0.1, 0.15) is 0 Å². The minimum Gasteiger partial charge on any atom is -0.456 e. The van der Waals surface area contributed by atoms with Crippen LogP contribution in [0.5, 0.6) is 0 Å². The molecule has 0 aliphatic carbocycles. The van der Waals surface area contributed by atoms with Gasteiger partial charge in [-0.15, -0.1) is 11.3 Å². The Kier molecular flexibility index (Phi) is 5.45. The molecule has 3 nitrogen and oxygen atoms in total. The number of hydrogen-bond acceptors (Lipinski definition) is 4. The molecule has 0 spiro atoms. The zero-order chi connectivity index (χ0) is 30.2. The van der Waals surface area contributed by atoms with Crippen molar-refractivity contribution >= 4 is 75.1 Å². The van der Waals surface area contributed by atoms with Crippen LogP contribution in [0.3, 0.4) is 0 Å². The first-order valence-electron chi connectivity index (χ1n) is 15.4. The van der Waals surface area contributed by atoms with Gasteiger partial charge in [0.25, 0.3) is 0 Å². The quantitative estimate of drug-likeness (QED) is 0.201.